The number of hydrogen-bond donors (Lipinski definition) is 3. The first-order chi connectivity index (χ1) is 5.24. The fourth-order valence-corrected chi connectivity index (χ4v) is 1.13. The van der Waals surface area contributed by atoms with Crippen LogP contribution in [0.4, 0.5) is 0 Å². The lowest BCUT2D eigenvalue weighted by atomic mass is 9.97. The minimum absolute atomic E-state index is 0. The van der Waals surface area contributed by atoms with Crippen LogP contribution < -0.4 is 16.6 Å². The van der Waals surface area contributed by atoms with E-state index in [1.807, 2.05) is 5.43 Å². The summed E-state index contributed by atoms with van der Waals surface area (Å²) in [5, 5.41) is 2.63. The Kier molecular flexibility index (Phi) is 4.61. The SMILES string of the molecule is Cl.NNC(=O)C1CCNC(=O)C1. The number of hydrogen-bond acceptors (Lipinski definition) is 3. The lowest BCUT2D eigenvalue weighted by Crippen LogP contribution is -2.43. The molecule has 5 nitrogen and oxygen atoms in total. The predicted octanol–water partition coefficient (Wildman–Crippen LogP) is -1.08. The summed E-state index contributed by atoms with van der Waals surface area (Å²) in [6.45, 7) is 0.566. The van der Waals surface area contributed by atoms with Crippen molar-refractivity contribution in [3.8, 4) is 0 Å². The monoisotopic (exact) mass is 193 g/mol. The third kappa shape index (κ3) is 2.67. The highest BCUT2D eigenvalue weighted by Gasteiger charge is 2.24. The van der Waals surface area contributed by atoms with E-state index in [-0.39, 0.29) is 36.6 Å². The normalized spacial score (nSPS) is 22.1. The number of amides is 2. The Morgan fingerprint density at radius 1 is 1.67 bits per heavy atom. The predicted molar refractivity (Wildman–Crippen MR) is 45.3 cm³/mol. The molecule has 12 heavy (non-hydrogen) atoms. The molecule has 4 N–H and O–H groups in total. The molecule has 0 bridgehead atoms. The highest BCUT2D eigenvalue weighted by atomic mass is 35.5. The van der Waals surface area contributed by atoms with Crippen LogP contribution in [0.3, 0.4) is 0 Å². The number of rotatable bonds is 1. The molecule has 0 aromatic carbocycles. The zero-order valence-electron chi connectivity index (χ0n) is 6.50. The summed E-state index contributed by atoms with van der Waals surface area (Å²) < 4.78 is 0. The molecule has 2 amide bonds. The van der Waals surface area contributed by atoms with Crippen LogP contribution in [0.2, 0.25) is 0 Å². The van der Waals surface area contributed by atoms with E-state index in [9.17, 15) is 9.59 Å². The molecule has 1 aliphatic heterocycles. The maximum absolute atomic E-state index is 10.9. The van der Waals surface area contributed by atoms with Crippen molar-refractivity contribution in [3.05, 3.63) is 0 Å². The van der Waals surface area contributed by atoms with E-state index in [0.717, 1.165) is 0 Å². The second-order valence-corrected chi connectivity index (χ2v) is 2.55. The molecule has 1 atom stereocenters. The van der Waals surface area contributed by atoms with Gasteiger partial charge in [0.05, 0.1) is 0 Å². The molecule has 70 valence electrons. The number of carbonyl (C=O) groups is 2. The second kappa shape index (κ2) is 4.95. The Hall–Kier alpha value is -0.810. The number of halogens is 1. The average Bonchev–Trinajstić information content (AvgIpc) is 2.03. The van der Waals surface area contributed by atoms with E-state index in [1.165, 1.54) is 0 Å². The van der Waals surface area contributed by atoms with Gasteiger partial charge in [0.2, 0.25) is 11.8 Å². The minimum Gasteiger partial charge on any atom is -0.356 e. The van der Waals surface area contributed by atoms with Crippen LogP contribution in [-0.4, -0.2) is 18.4 Å². The lowest BCUT2D eigenvalue weighted by molar-refractivity contribution is -0.132. The smallest absolute Gasteiger partial charge is 0.237 e. The first kappa shape index (κ1) is 11.2. The summed E-state index contributed by atoms with van der Waals surface area (Å²) in [5.41, 5.74) is 2.04. The summed E-state index contributed by atoms with van der Waals surface area (Å²) in [7, 11) is 0. The third-order valence-electron chi connectivity index (χ3n) is 1.76. The topological polar surface area (TPSA) is 84.2 Å². The number of hydrazine groups is 1. The molecule has 0 spiro atoms. The van der Waals surface area contributed by atoms with Crippen molar-refractivity contribution in [2.24, 2.45) is 11.8 Å². The summed E-state index contributed by atoms with van der Waals surface area (Å²) in [4.78, 5) is 21.7. The van der Waals surface area contributed by atoms with Gasteiger partial charge in [0, 0.05) is 18.9 Å². The summed E-state index contributed by atoms with van der Waals surface area (Å²) >= 11 is 0. The van der Waals surface area contributed by atoms with Crippen LogP contribution in [0, 0.1) is 5.92 Å². The summed E-state index contributed by atoms with van der Waals surface area (Å²) in [5.74, 6) is 4.35. The van der Waals surface area contributed by atoms with Gasteiger partial charge < -0.3 is 5.32 Å². The molecule has 0 radical (unpaired) electrons. The number of nitrogens with one attached hydrogen (secondary N) is 2. The zero-order valence-corrected chi connectivity index (χ0v) is 7.32. The molecule has 1 unspecified atom stereocenters. The maximum Gasteiger partial charge on any atom is 0.237 e. The van der Waals surface area contributed by atoms with E-state index in [0.29, 0.717) is 13.0 Å². The van der Waals surface area contributed by atoms with E-state index in [1.54, 1.807) is 0 Å². The fraction of sp³-hybridized carbons (Fsp3) is 0.667. The van der Waals surface area contributed by atoms with Crippen molar-refractivity contribution in [1.29, 1.82) is 0 Å². The van der Waals surface area contributed by atoms with Gasteiger partial charge in [0.1, 0.15) is 0 Å². The zero-order chi connectivity index (χ0) is 8.27. The molecule has 1 fully saturated rings. The molecule has 1 saturated heterocycles. The van der Waals surface area contributed by atoms with Crippen LogP contribution in [0.1, 0.15) is 12.8 Å². The van der Waals surface area contributed by atoms with E-state index in [4.69, 9.17) is 5.84 Å². The fourth-order valence-electron chi connectivity index (χ4n) is 1.13. The molecule has 1 aliphatic rings. The number of carbonyl (C=O) groups excluding carboxylic acids is 2. The van der Waals surface area contributed by atoms with Crippen molar-refractivity contribution >= 4 is 24.2 Å². The highest BCUT2D eigenvalue weighted by molar-refractivity contribution is 5.86. The molecular formula is C6H12ClN3O2. The standard InChI is InChI=1S/C6H11N3O2.ClH/c7-9-6(11)4-1-2-8-5(10)3-4;/h4H,1-3,7H2,(H,8,10)(H,9,11);1H. The molecule has 1 rings (SSSR count). The number of piperidine rings is 1. The lowest BCUT2D eigenvalue weighted by Gasteiger charge is -2.19. The summed E-state index contributed by atoms with van der Waals surface area (Å²) in [6, 6.07) is 0. The van der Waals surface area contributed by atoms with Gasteiger partial charge in [0.25, 0.3) is 0 Å². The second-order valence-electron chi connectivity index (χ2n) is 2.55. The maximum atomic E-state index is 10.9. The molecule has 0 saturated carbocycles. The van der Waals surface area contributed by atoms with Gasteiger partial charge in [-0.1, -0.05) is 0 Å². The van der Waals surface area contributed by atoms with Gasteiger partial charge in [-0.15, -0.1) is 12.4 Å². The molecule has 1 heterocycles. The highest BCUT2D eigenvalue weighted by Crippen LogP contribution is 2.11. The van der Waals surface area contributed by atoms with E-state index in [2.05, 4.69) is 5.32 Å². The first-order valence-electron chi connectivity index (χ1n) is 3.51. The van der Waals surface area contributed by atoms with Crippen LogP contribution in [0.15, 0.2) is 0 Å². The van der Waals surface area contributed by atoms with Gasteiger partial charge in [-0.25, -0.2) is 5.84 Å². The van der Waals surface area contributed by atoms with Gasteiger partial charge in [0.15, 0.2) is 0 Å². The van der Waals surface area contributed by atoms with E-state index >= 15 is 0 Å². The first-order valence-corrected chi connectivity index (χ1v) is 3.51. The molecule has 0 aromatic heterocycles. The van der Waals surface area contributed by atoms with Gasteiger partial charge >= 0.3 is 0 Å². The average molecular weight is 194 g/mol. The van der Waals surface area contributed by atoms with Crippen LogP contribution in [0.25, 0.3) is 0 Å². The van der Waals surface area contributed by atoms with Gasteiger partial charge in [-0.3, -0.25) is 15.0 Å². The van der Waals surface area contributed by atoms with E-state index < -0.39 is 0 Å². The molecule has 0 aromatic rings. The minimum atomic E-state index is -0.250. The Labute approximate surface area is 76.4 Å². The van der Waals surface area contributed by atoms with Crippen molar-refractivity contribution in [1.82, 2.24) is 10.7 Å². The largest absolute Gasteiger partial charge is 0.356 e. The van der Waals surface area contributed by atoms with Crippen LogP contribution >= 0.6 is 12.4 Å². The van der Waals surface area contributed by atoms with Gasteiger partial charge in [-0.2, -0.15) is 0 Å². The van der Waals surface area contributed by atoms with Crippen LogP contribution in [0.5, 0.6) is 0 Å². The Balaban J connectivity index is 0.00000121. The quantitative estimate of drug-likeness (QED) is 0.282. The van der Waals surface area contributed by atoms with Crippen molar-refractivity contribution < 1.29 is 9.59 Å². The molecule has 0 aliphatic carbocycles. The number of nitrogens with two attached hydrogens (primary N) is 1. The summed E-state index contributed by atoms with van der Waals surface area (Å²) in [6.07, 6.45) is 0.928. The van der Waals surface area contributed by atoms with Crippen molar-refractivity contribution in [2.75, 3.05) is 6.54 Å². The van der Waals surface area contributed by atoms with Crippen molar-refractivity contribution in [3.63, 3.8) is 0 Å². The van der Waals surface area contributed by atoms with Crippen molar-refractivity contribution in [2.45, 2.75) is 12.8 Å². The third-order valence-corrected chi connectivity index (χ3v) is 1.76. The van der Waals surface area contributed by atoms with Gasteiger partial charge in [-0.05, 0) is 6.42 Å². The molecular weight excluding hydrogens is 182 g/mol. The Morgan fingerprint density at radius 3 is 2.83 bits per heavy atom. The molecule has 6 heteroatoms. The Morgan fingerprint density at radius 2 is 2.33 bits per heavy atom. The Bertz CT molecular complexity index is 186. The van der Waals surface area contributed by atoms with Crippen LogP contribution in [-0.2, 0) is 9.59 Å².